The highest BCUT2D eigenvalue weighted by molar-refractivity contribution is 5.24. The number of nitrogens with zero attached hydrogens (tertiary/aromatic N) is 2. The summed E-state index contributed by atoms with van der Waals surface area (Å²) in [4.78, 5) is 9.20. The van der Waals surface area contributed by atoms with Crippen molar-refractivity contribution < 1.29 is 9.47 Å². The summed E-state index contributed by atoms with van der Waals surface area (Å²) in [6, 6.07) is 0. The van der Waals surface area contributed by atoms with E-state index >= 15 is 0 Å². The van der Waals surface area contributed by atoms with Crippen LogP contribution in [0.25, 0.3) is 0 Å². The number of hydrogen-bond acceptors (Lipinski definition) is 5. The summed E-state index contributed by atoms with van der Waals surface area (Å²) >= 11 is 0. The second kappa shape index (κ2) is 9.80. The Morgan fingerprint density at radius 2 is 1.55 bits per heavy atom. The zero-order valence-corrected chi connectivity index (χ0v) is 13.2. The molecule has 0 aliphatic heterocycles. The maximum atomic E-state index is 5.06. The molecule has 1 aromatic heterocycles. The van der Waals surface area contributed by atoms with E-state index in [4.69, 9.17) is 9.47 Å². The van der Waals surface area contributed by atoms with Crippen LogP contribution < -0.4 is 5.32 Å². The summed E-state index contributed by atoms with van der Waals surface area (Å²) < 4.78 is 10.1. The molecule has 0 aliphatic rings. The molecule has 0 unspecified atom stereocenters. The van der Waals surface area contributed by atoms with Crippen molar-refractivity contribution in [1.29, 1.82) is 0 Å². The molecule has 1 aromatic rings. The van der Waals surface area contributed by atoms with Gasteiger partial charge in [-0.1, -0.05) is 0 Å². The summed E-state index contributed by atoms with van der Waals surface area (Å²) in [5, 5.41) is 3.35. The fourth-order valence-electron chi connectivity index (χ4n) is 2.17. The number of methoxy groups -OCH3 is 2. The SMILES string of the molecule is COCCCc1nc(C)c(CCNCCOC)c(C)n1. The standard InChI is InChI=1S/C15H27N3O2/c1-12-14(7-8-16-9-11-20-4)13(2)18-15(17-12)6-5-10-19-3/h16H,5-11H2,1-4H3. The molecule has 0 atom stereocenters. The highest BCUT2D eigenvalue weighted by Crippen LogP contribution is 2.11. The predicted molar refractivity (Wildman–Crippen MR) is 80.2 cm³/mol. The van der Waals surface area contributed by atoms with Crippen LogP contribution in [0.4, 0.5) is 0 Å². The van der Waals surface area contributed by atoms with Crippen molar-refractivity contribution in [3.8, 4) is 0 Å². The number of aromatic nitrogens is 2. The number of rotatable bonds is 10. The maximum Gasteiger partial charge on any atom is 0.128 e. The van der Waals surface area contributed by atoms with Crippen LogP contribution >= 0.6 is 0 Å². The van der Waals surface area contributed by atoms with Gasteiger partial charge in [-0.3, -0.25) is 0 Å². The van der Waals surface area contributed by atoms with Crippen molar-refractivity contribution in [2.45, 2.75) is 33.1 Å². The van der Waals surface area contributed by atoms with E-state index in [0.717, 1.165) is 62.8 Å². The smallest absolute Gasteiger partial charge is 0.128 e. The Kier molecular flexibility index (Phi) is 8.34. The van der Waals surface area contributed by atoms with Gasteiger partial charge in [-0.2, -0.15) is 0 Å². The molecule has 0 amide bonds. The van der Waals surface area contributed by atoms with Crippen LogP contribution in [0, 0.1) is 13.8 Å². The Morgan fingerprint density at radius 3 is 2.15 bits per heavy atom. The van der Waals surface area contributed by atoms with E-state index in [1.54, 1.807) is 14.2 Å². The number of ether oxygens (including phenoxy) is 2. The quantitative estimate of drug-likeness (QED) is 0.658. The molecule has 0 spiro atoms. The summed E-state index contributed by atoms with van der Waals surface area (Å²) in [7, 11) is 3.43. The van der Waals surface area contributed by atoms with Crippen molar-refractivity contribution in [2.75, 3.05) is 40.5 Å². The molecule has 114 valence electrons. The fraction of sp³-hybridized carbons (Fsp3) is 0.733. The van der Waals surface area contributed by atoms with Crippen LogP contribution in [0.1, 0.15) is 29.2 Å². The van der Waals surface area contributed by atoms with Gasteiger partial charge in [0.25, 0.3) is 0 Å². The highest BCUT2D eigenvalue weighted by atomic mass is 16.5. The van der Waals surface area contributed by atoms with Gasteiger partial charge in [0, 0.05) is 45.2 Å². The third-order valence-electron chi connectivity index (χ3n) is 3.25. The lowest BCUT2D eigenvalue weighted by Gasteiger charge is -2.11. The molecule has 0 aliphatic carbocycles. The van der Waals surface area contributed by atoms with Crippen molar-refractivity contribution in [1.82, 2.24) is 15.3 Å². The predicted octanol–water partition coefficient (Wildman–Crippen LogP) is 1.45. The van der Waals surface area contributed by atoms with Gasteiger partial charge in [-0.15, -0.1) is 0 Å². The molecule has 0 radical (unpaired) electrons. The molecule has 1 heterocycles. The lowest BCUT2D eigenvalue weighted by molar-refractivity contribution is 0.194. The van der Waals surface area contributed by atoms with E-state index in [9.17, 15) is 0 Å². The van der Waals surface area contributed by atoms with E-state index in [1.807, 2.05) is 0 Å². The first-order valence-corrected chi connectivity index (χ1v) is 7.20. The lowest BCUT2D eigenvalue weighted by Crippen LogP contribution is -2.22. The molecule has 0 saturated heterocycles. The third kappa shape index (κ3) is 5.94. The third-order valence-corrected chi connectivity index (χ3v) is 3.25. The average molecular weight is 281 g/mol. The van der Waals surface area contributed by atoms with Crippen LogP contribution in [-0.2, 0) is 22.3 Å². The van der Waals surface area contributed by atoms with Crippen molar-refractivity contribution in [3.63, 3.8) is 0 Å². The summed E-state index contributed by atoms with van der Waals surface area (Å²) in [5.41, 5.74) is 3.45. The van der Waals surface area contributed by atoms with Gasteiger partial charge >= 0.3 is 0 Å². The van der Waals surface area contributed by atoms with Gasteiger partial charge in [0.2, 0.25) is 0 Å². The number of nitrogens with one attached hydrogen (secondary N) is 1. The van der Waals surface area contributed by atoms with Gasteiger partial charge in [-0.05, 0) is 38.8 Å². The molecule has 1 rings (SSSR count). The number of aryl methyl sites for hydroxylation is 3. The molecule has 5 heteroatoms. The summed E-state index contributed by atoms with van der Waals surface area (Å²) in [6.07, 6.45) is 2.80. The molecule has 0 bridgehead atoms. The lowest BCUT2D eigenvalue weighted by atomic mass is 10.1. The Balaban J connectivity index is 2.51. The summed E-state index contributed by atoms with van der Waals surface area (Å²) in [6.45, 7) is 7.44. The molecule has 0 fully saturated rings. The van der Waals surface area contributed by atoms with Gasteiger partial charge < -0.3 is 14.8 Å². The maximum absolute atomic E-state index is 5.06. The molecule has 1 N–H and O–H groups in total. The van der Waals surface area contributed by atoms with Crippen molar-refractivity contribution in [2.24, 2.45) is 0 Å². The van der Waals surface area contributed by atoms with Crippen LogP contribution in [-0.4, -0.2) is 50.5 Å². The van der Waals surface area contributed by atoms with E-state index in [-0.39, 0.29) is 0 Å². The first-order valence-electron chi connectivity index (χ1n) is 7.20. The molecule has 5 nitrogen and oxygen atoms in total. The monoisotopic (exact) mass is 281 g/mol. The minimum absolute atomic E-state index is 0.743. The fourth-order valence-corrected chi connectivity index (χ4v) is 2.17. The molecular formula is C15H27N3O2. The largest absolute Gasteiger partial charge is 0.385 e. The average Bonchev–Trinajstić information content (AvgIpc) is 2.41. The zero-order chi connectivity index (χ0) is 14.8. The van der Waals surface area contributed by atoms with E-state index in [1.165, 1.54) is 5.56 Å². The number of hydrogen-bond donors (Lipinski definition) is 1. The Morgan fingerprint density at radius 1 is 0.900 bits per heavy atom. The second-order valence-corrected chi connectivity index (χ2v) is 4.88. The van der Waals surface area contributed by atoms with Crippen LogP contribution in [0.2, 0.25) is 0 Å². The highest BCUT2D eigenvalue weighted by Gasteiger charge is 2.08. The minimum Gasteiger partial charge on any atom is -0.385 e. The molecular weight excluding hydrogens is 254 g/mol. The van der Waals surface area contributed by atoms with E-state index in [0.29, 0.717) is 0 Å². The molecule has 0 saturated carbocycles. The Bertz CT molecular complexity index is 374. The van der Waals surface area contributed by atoms with Crippen molar-refractivity contribution in [3.05, 3.63) is 22.8 Å². The van der Waals surface area contributed by atoms with Gasteiger partial charge in [0.15, 0.2) is 0 Å². The van der Waals surface area contributed by atoms with E-state index in [2.05, 4.69) is 29.1 Å². The van der Waals surface area contributed by atoms with Gasteiger partial charge in [0.05, 0.1) is 6.61 Å². The van der Waals surface area contributed by atoms with Crippen LogP contribution in [0.3, 0.4) is 0 Å². The second-order valence-electron chi connectivity index (χ2n) is 4.88. The molecule has 20 heavy (non-hydrogen) atoms. The summed E-state index contributed by atoms with van der Waals surface area (Å²) in [5.74, 6) is 0.924. The van der Waals surface area contributed by atoms with Crippen LogP contribution in [0.5, 0.6) is 0 Å². The van der Waals surface area contributed by atoms with E-state index < -0.39 is 0 Å². The first kappa shape index (κ1) is 17.0. The minimum atomic E-state index is 0.743. The Hall–Kier alpha value is -1.04. The normalized spacial score (nSPS) is 11.0. The first-order chi connectivity index (χ1) is 9.69. The van der Waals surface area contributed by atoms with Gasteiger partial charge in [-0.25, -0.2) is 9.97 Å². The zero-order valence-electron chi connectivity index (χ0n) is 13.2. The van der Waals surface area contributed by atoms with Crippen LogP contribution in [0.15, 0.2) is 0 Å². The Labute approximate surface area is 122 Å². The van der Waals surface area contributed by atoms with Gasteiger partial charge in [0.1, 0.15) is 5.82 Å². The topological polar surface area (TPSA) is 56.3 Å². The molecule has 0 aromatic carbocycles. The van der Waals surface area contributed by atoms with Crippen molar-refractivity contribution >= 4 is 0 Å².